The smallest absolute Gasteiger partial charge is 0.339 e. The zero-order valence-electron chi connectivity index (χ0n) is 12.6. The average molecular weight is 386 g/mol. The number of carboxylic acids is 1. The second-order valence-corrected chi connectivity index (χ2v) is 5.22. The number of carboxylic acid groups (broad SMARTS) is 1. The Bertz CT molecular complexity index is 979. The van der Waals surface area contributed by atoms with Crippen molar-refractivity contribution in [1.29, 1.82) is 0 Å². The van der Waals surface area contributed by atoms with Crippen molar-refractivity contribution in [3.63, 3.8) is 0 Å². The fourth-order valence-corrected chi connectivity index (χ4v) is 2.28. The van der Waals surface area contributed by atoms with Gasteiger partial charge in [-0.15, -0.1) is 6.07 Å². The van der Waals surface area contributed by atoms with Crippen molar-refractivity contribution in [3.05, 3.63) is 51.5 Å². The molecule has 3 aromatic rings. The fourth-order valence-electron chi connectivity index (χ4n) is 2.28. The Balaban J connectivity index is 0.00000192. The van der Waals surface area contributed by atoms with Crippen LogP contribution in [-0.4, -0.2) is 16.1 Å². The molecule has 0 aliphatic rings. The van der Waals surface area contributed by atoms with E-state index in [1.54, 1.807) is 12.1 Å². The summed E-state index contributed by atoms with van der Waals surface area (Å²) in [7, 11) is 0. The predicted molar refractivity (Wildman–Crippen MR) is 82.8 cm³/mol. The first-order chi connectivity index (χ1) is 10.4. The number of pyridine rings is 1. The molecule has 0 aliphatic heterocycles. The Hall–Kier alpha value is -1.92. The SMILES string of the molecule is C[C-](C)c1ccc2oc3nc(N)c(C(=O)O)cc3c(=O)c2c1.[Y]. The molecule has 1 aromatic carbocycles. The molecule has 0 atom stereocenters. The van der Waals surface area contributed by atoms with Crippen molar-refractivity contribution >= 4 is 33.9 Å². The fraction of sp³-hybridized carbons (Fsp3) is 0.125. The Morgan fingerprint density at radius 1 is 1.26 bits per heavy atom. The van der Waals surface area contributed by atoms with E-state index in [0.29, 0.717) is 11.0 Å². The predicted octanol–water partition coefficient (Wildman–Crippen LogP) is 2.58. The zero-order chi connectivity index (χ0) is 16.0. The molecule has 0 aliphatic carbocycles. The number of nitrogens with zero attached hydrogens (tertiary/aromatic N) is 1. The van der Waals surface area contributed by atoms with E-state index in [1.807, 2.05) is 19.9 Å². The Morgan fingerprint density at radius 3 is 2.57 bits per heavy atom. The molecule has 0 saturated carbocycles. The normalized spacial score (nSPS) is 10.5. The van der Waals surface area contributed by atoms with Crippen LogP contribution in [-0.2, 0) is 32.7 Å². The van der Waals surface area contributed by atoms with Crippen molar-refractivity contribution in [2.75, 3.05) is 5.73 Å². The van der Waals surface area contributed by atoms with Crippen LogP contribution >= 0.6 is 0 Å². The van der Waals surface area contributed by atoms with Crippen LogP contribution in [0.25, 0.3) is 22.1 Å². The summed E-state index contributed by atoms with van der Waals surface area (Å²) in [6.45, 7) is 3.88. The van der Waals surface area contributed by atoms with Crippen molar-refractivity contribution in [1.82, 2.24) is 4.98 Å². The first-order valence-corrected chi connectivity index (χ1v) is 6.59. The van der Waals surface area contributed by atoms with Crippen molar-refractivity contribution in [2.24, 2.45) is 0 Å². The molecule has 0 saturated heterocycles. The summed E-state index contributed by atoms with van der Waals surface area (Å²) in [5, 5.41) is 9.58. The molecule has 6 nitrogen and oxygen atoms in total. The standard InChI is InChI=1S/C16H13N2O4.Y/c1-7(2)8-3-4-12-9(5-8)13(19)10-6-11(16(20)21)14(17)18-15(10)22-12;/h3-6H,1-2H3,(H2,17,18)(H,20,21);/q-1;. The number of benzene rings is 1. The Morgan fingerprint density at radius 2 is 1.96 bits per heavy atom. The maximum Gasteiger partial charge on any atom is 0.339 e. The van der Waals surface area contributed by atoms with Crippen LogP contribution in [0, 0.1) is 5.92 Å². The van der Waals surface area contributed by atoms with Crippen LogP contribution in [0.3, 0.4) is 0 Å². The van der Waals surface area contributed by atoms with Gasteiger partial charge in [-0.1, -0.05) is 19.9 Å². The Kier molecular flexibility index (Phi) is 4.77. The molecule has 3 N–H and O–H groups in total. The summed E-state index contributed by atoms with van der Waals surface area (Å²) in [6, 6.07) is 6.48. The van der Waals surface area contributed by atoms with Crippen LogP contribution in [0.15, 0.2) is 33.5 Å². The largest absolute Gasteiger partial charge is 0.478 e. The van der Waals surface area contributed by atoms with E-state index in [-0.39, 0.29) is 60.6 Å². The van der Waals surface area contributed by atoms with Gasteiger partial charge in [-0.05, 0) is 6.07 Å². The third-order valence-electron chi connectivity index (χ3n) is 3.50. The number of hydrogen-bond donors (Lipinski definition) is 2. The minimum Gasteiger partial charge on any atom is -0.478 e. The summed E-state index contributed by atoms with van der Waals surface area (Å²) < 4.78 is 5.58. The van der Waals surface area contributed by atoms with Gasteiger partial charge in [0.25, 0.3) is 0 Å². The van der Waals surface area contributed by atoms with Crippen molar-refractivity contribution in [3.8, 4) is 0 Å². The molecule has 0 bridgehead atoms. The molecule has 0 spiro atoms. The number of hydrogen-bond acceptors (Lipinski definition) is 5. The van der Waals surface area contributed by atoms with E-state index < -0.39 is 5.97 Å². The number of nitrogens with two attached hydrogens (primary N) is 1. The van der Waals surface area contributed by atoms with Gasteiger partial charge in [-0.3, -0.25) is 4.79 Å². The minimum atomic E-state index is -1.24. The first-order valence-electron chi connectivity index (χ1n) is 6.59. The van der Waals surface area contributed by atoms with E-state index in [0.717, 1.165) is 11.5 Å². The van der Waals surface area contributed by atoms with Gasteiger partial charge in [0.15, 0.2) is 5.43 Å². The number of anilines is 1. The molecule has 3 rings (SSSR count). The van der Waals surface area contributed by atoms with Crippen LogP contribution in [0.5, 0.6) is 0 Å². The molecule has 23 heavy (non-hydrogen) atoms. The topological polar surface area (TPSA) is 106 Å². The van der Waals surface area contributed by atoms with Crippen LogP contribution in [0.4, 0.5) is 5.82 Å². The maximum atomic E-state index is 12.6. The number of carbonyl (C=O) groups is 1. The maximum absolute atomic E-state index is 12.6. The van der Waals surface area contributed by atoms with Gasteiger partial charge in [0.1, 0.15) is 17.0 Å². The number of aromatic carboxylic acids is 1. The molecule has 0 fully saturated rings. The first kappa shape index (κ1) is 17.4. The minimum absolute atomic E-state index is 0. The third-order valence-corrected chi connectivity index (χ3v) is 3.50. The monoisotopic (exact) mass is 386 g/mol. The Labute approximate surface area is 156 Å². The molecule has 1 radical (unpaired) electrons. The van der Waals surface area contributed by atoms with E-state index in [1.165, 1.54) is 6.07 Å². The summed E-state index contributed by atoms with van der Waals surface area (Å²) >= 11 is 0. The summed E-state index contributed by atoms with van der Waals surface area (Å²) in [4.78, 5) is 27.6. The molecular weight excluding hydrogens is 373 g/mol. The summed E-state index contributed by atoms with van der Waals surface area (Å²) in [5.41, 5.74) is 6.39. The number of aromatic nitrogens is 1. The molecule has 0 amide bonds. The van der Waals surface area contributed by atoms with Gasteiger partial charge >= 0.3 is 5.97 Å². The van der Waals surface area contributed by atoms with Gasteiger partial charge in [-0.2, -0.15) is 22.5 Å². The molecule has 2 aromatic heterocycles. The number of nitrogen functional groups attached to an aromatic ring is 1. The number of rotatable bonds is 2. The molecular formula is C16H13N2O4Y-. The van der Waals surface area contributed by atoms with E-state index in [4.69, 9.17) is 15.3 Å². The molecule has 7 heteroatoms. The quantitative estimate of drug-likeness (QED) is 0.518. The van der Waals surface area contributed by atoms with E-state index in [9.17, 15) is 9.59 Å². The molecule has 2 heterocycles. The second kappa shape index (κ2) is 6.30. The third kappa shape index (κ3) is 2.96. The van der Waals surface area contributed by atoms with Gasteiger partial charge in [0.2, 0.25) is 5.71 Å². The van der Waals surface area contributed by atoms with E-state index >= 15 is 0 Å². The summed E-state index contributed by atoms with van der Waals surface area (Å²) in [6.07, 6.45) is 0. The number of fused-ring (bicyclic) bond motifs is 2. The van der Waals surface area contributed by atoms with Crippen LogP contribution in [0.2, 0.25) is 0 Å². The van der Waals surface area contributed by atoms with Gasteiger partial charge < -0.3 is 15.3 Å². The molecule has 115 valence electrons. The summed E-state index contributed by atoms with van der Waals surface area (Å²) in [5.74, 6) is -0.363. The van der Waals surface area contributed by atoms with Gasteiger partial charge in [0.05, 0.1) is 5.39 Å². The van der Waals surface area contributed by atoms with Crippen LogP contribution in [0.1, 0.15) is 29.8 Å². The van der Waals surface area contributed by atoms with Crippen molar-refractivity contribution in [2.45, 2.75) is 13.8 Å². The van der Waals surface area contributed by atoms with Crippen molar-refractivity contribution < 1.29 is 47.0 Å². The zero-order valence-corrected chi connectivity index (χ0v) is 15.4. The van der Waals surface area contributed by atoms with Crippen LogP contribution < -0.4 is 11.2 Å². The second-order valence-electron chi connectivity index (χ2n) is 5.22. The van der Waals surface area contributed by atoms with Gasteiger partial charge in [-0.25, -0.2) is 4.79 Å². The molecule has 0 unspecified atom stereocenters. The van der Waals surface area contributed by atoms with Gasteiger partial charge in [0, 0.05) is 38.1 Å². The van der Waals surface area contributed by atoms with E-state index in [2.05, 4.69) is 4.98 Å². The average Bonchev–Trinajstić information content (AvgIpc) is 2.46.